The summed E-state index contributed by atoms with van der Waals surface area (Å²) in [6.45, 7) is 5.97. The summed E-state index contributed by atoms with van der Waals surface area (Å²) in [5, 5.41) is 3.48. The number of carbonyl (C=O) groups is 3. The molecule has 0 saturated heterocycles. The molecule has 9 heteroatoms. The monoisotopic (exact) mass is 502 g/mol. The molecular formula is C27H26N4O4S. The highest BCUT2D eigenvalue weighted by atomic mass is 32.2. The maximum atomic E-state index is 13.4. The molecule has 0 atom stereocenters. The predicted molar refractivity (Wildman–Crippen MR) is 137 cm³/mol. The van der Waals surface area contributed by atoms with Crippen LogP contribution < -0.4 is 5.32 Å². The van der Waals surface area contributed by atoms with Gasteiger partial charge in [-0.2, -0.15) is 0 Å². The van der Waals surface area contributed by atoms with E-state index in [4.69, 9.17) is 4.74 Å². The molecule has 1 N–H and O–H groups in total. The van der Waals surface area contributed by atoms with E-state index in [1.807, 2.05) is 50.2 Å². The predicted octanol–water partition coefficient (Wildman–Crippen LogP) is 4.30. The molecule has 1 aliphatic rings. The number of hydrogen-bond donors (Lipinski definition) is 1. The molecule has 0 unspecified atom stereocenters. The number of amides is 2. The van der Waals surface area contributed by atoms with E-state index < -0.39 is 17.8 Å². The third kappa shape index (κ3) is 5.80. The van der Waals surface area contributed by atoms with Crippen LogP contribution in [-0.2, 0) is 20.7 Å². The first-order valence-corrected chi connectivity index (χ1v) is 12.4. The normalized spacial score (nSPS) is 13.4. The van der Waals surface area contributed by atoms with Gasteiger partial charge in [0.05, 0.1) is 12.2 Å². The number of rotatable bonds is 9. The molecule has 3 aromatic rings. The molecule has 0 aliphatic carbocycles. The van der Waals surface area contributed by atoms with Gasteiger partial charge in [0.2, 0.25) is 0 Å². The number of nitrogens with zero attached hydrogens (tertiary/aromatic N) is 3. The maximum absolute atomic E-state index is 13.4. The molecule has 36 heavy (non-hydrogen) atoms. The Kier molecular flexibility index (Phi) is 7.80. The second-order valence-electron chi connectivity index (χ2n) is 8.16. The van der Waals surface area contributed by atoms with E-state index in [0.29, 0.717) is 22.8 Å². The van der Waals surface area contributed by atoms with Crippen molar-refractivity contribution in [3.63, 3.8) is 0 Å². The molecule has 0 fully saturated rings. The molecule has 0 radical (unpaired) electrons. The Labute approximate surface area is 213 Å². The van der Waals surface area contributed by atoms with Gasteiger partial charge in [-0.15, -0.1) is 0 Å². The minimum Gasteiger partial charge on any atom is -0.462 e. The summed E-state index contributed by atoms with van der Waals surface area (Å²) in [5.41, 5.74) is 3.68. The molecule has 8 nitrogen and oxygen atoms in total. The van der Waals surface area contributed by atoms with E-state index in [0.717, 1.165) is 28.7 Å². The second-order valence-corrected chi connectivity index (χ2v) is 9.14. The fraction of sp³-hybridized carbons (Fsp3) is 0.222. The van der Waals surface area contributed by atoms with Crippen molar-refractivity contribution in [2.45, 2.75) is 32.3 Å². The highest BCUT2D eigenvalue weighted by Gasteiger charge is 2.39. The summed E-state index contributed by atoms with van der Waals surface area (Å²) in [7, 11) is 0. The topological polar surface area (TPSA) is 101 Å². The van der Waals surface area contributed by atoms with Gasteiger partial charge in [-0.05, 0) is 74.8 Å². The van der Waals surface area contributed by atoms with E-state index in [1.54, 1.807) is 31.2 Å². The quantitative estimate of drug-likeness (QED) is 0.263. The van der Waals surface area contributed by atoms with Crippen LogP contribution in [0.15, 0.2) is 76.4 Å². The van der Waals surface area contributed by atoms with Crippen LogP contribution in [0.2, 0.25) is 0 Å². The number of esters is 1. The van der Waals surface area contributed by atoms with Crippen molar-refractivity contribution in [2.24, 2.45) is 0 Å². The highest BCUT2D eigenvalue weighted by Crippen LogP contribution is 2.34. The van der Waals surface area contributed by atoms with Crippen LogP contribution in [0.1, 0.15) is 34.2 Å². The Morgan fingerprint density at radius 1 is 0.972 bits per heavy atom. The minimum atomic E-state index is -0.425. The number of thioether (sulfide) groups is 1. The fourth-order valence-electron chi connectivity index (χ4n) is 3.73. The minimum absolute atomic E-state index is 0.157. The summed E-state index contributed by atoms with van der Waals surface area (Å²) in [4.78, 5) is 49.1. The lowest BCUT2D eigenvalue weighted by Crippen LogP contribution is -2.34. The zero-order valence-corrected chi connectivity index (χ0v) is 21.1. The van der Waals surface area contributed by atoms with Gasteiger partial charge in [0.1, 0.15) is 10.6 Å². The molecule has 1 aliphatic heterocycles. The van der Waals surface area contributed by atoms with Gasteiger partial charge in [-0.25, -0.2) is 14.8 Å². The van der Waals surface area contributed by atoms with Crippen LogP contribution in [0.25, 0.3) is 0 Å². The number of ether oxygens (including phenoxy) is 1. The molecule has 184 valence electrons. The van der Waals surface area contributed by atoms with Gasteiger partial charge in [-0.3, -0.25) is 14.5 Å². The molecule has 4 rings (SSSR count). The Hall–Kier alpha value is -3.98. The number of nitrogens with one attached hydrogen (secondary N) is 1. The standard InChI is InChI=1S/C27H26N4O4S/c1-4-35-26(34)20-10-12-21(13-11-20)30-22-23(36-27-28-17(2)16-18(3)29-27)25(33)31(24(22)32)15-14-19-8-6-5-7-9-19/h5-13,16,30H,4,14-15H2,1-3H3. The van der Waals surface area contributed by atoms with Crippen molar-refractivity contribution in [2.75, 3.05) is 18.5 Å². The first-order valence-electron chi connectivity index (χ1n) is 11.5. The van der Waals surface area contributed by atoms with Crippen LogP contribution in [0, 0.1) is 13.8 Å². The Balaban J connectivity index is 1.61. The van der Waals surface area contributed by atoms with Crippen LogP contribution in [0.3, 0.4) is 0 Å². The third-order valence-corrected chi connectivity index (χ3v) is 6.36. The Morgan fingerprint density at radius 3 is 2.28 bits per heavy atom. The number of aromatic nitrogens is 2. The van der Waals surface area contributed by atoms with E-state index in [1.165, 1.54) is 4.90 Å². The molecule has 2 amide bonds. The van der Waals surface area contributed by atoms with Crippen molar-refractivity contribution < 1.29 is 19.1 Å². The zero-order valence-electron chi connectivity index (χ0n) is 20.3. The Morgan fingerprint density at radius 2 is 1.64 bits per heavy atom. The average Bonchev–Trinajstić information content (AvgIpc) is 3.07. The highest BCUT2D eigenvalue weighted by molar-refractivity contribution is 8.04. The number of anilines is 1. The smallest absolute Gasteiger partial charge is 0.338 e. The second kappa shape index (κ2) is 11.2. The lowest BCUT2D eigenvalue weighted by atomic mass is 10.1. The average molecular weight is 503 g/mol. The summed E-state index contributed by atoms with van der Waals surface area (Å²) < 4.78 is 5.02. The van der Waals surface area contributed by atoms with Gasteiger partial charge in [0.25, 0.3) is 11.8 Å². The van der Waals surface area contributed by atoms with Crippen LogP contribution >= 0.6 is 11.8 Å². The maximum Gasteiger partial charge on any atom is 0.338 e. The number of imide groups is 1. The van der Waals surface area contributed by atoms with E-state index in [9.17, 15) is 14.4 Å². The fourth-order valence-corrected chi connectivity index (χ4v) is 4.73. The largest absolute Gasteiger partial charge is 0.462 e. The first-order chi connectivity index (χ1) is 17.4. The number of hydrogen-bond acceptors (Lipinski definition) is 8. The lowest BCUT2D eigenvalue weighted by Gasteiger charge is -2.15. The van der Waals surface area contributed by atoms with E-state index >= 15 is 0 Å². The van der Waals surface area contributed by atoms with Crippen molar-refractivity contribution in [1.82, 2.24) is 14.9 Å². The van der Waals surface area contributed by atoms with Gasteiger partial charge in [0.15, 0.2) is 5.16 Å². The molecule has 1 aromatic heterocycles. The molecule has 2 aromatic carbocycles. The number of carbonyl (C=O) groups excluding carboxylic acids is 3. The summed E-state index contributed by atoms with van der Waals surface area (Å²) in [6.07, 6.45) is 0.540. The van der Waals surface area contributed by atoms with Gasteiger partial charge in [0, 0.05) is 23.6 Å². The Bertz CT molecular complexity index is 1300. The summed E-state index contributed by atoms with van der Waals surface area (Å²) in [6, 6.07) is 18.1. The van der Waals surface area contributed by atoms with Crippen molar-refractivity contribution in [1.29, 1.82) is 0 Å². The summed E-state index contributed by atoms with van der Waals surface area (Å²) in [5.74, 6) is -1.24. The van der Waals surface area contributed by atoms with Crippen LogP contribution in [-0.4, -0.2) is 45.8 Å². The van der Waals surface area contributed by atoms with Crippen LogP contribution in [0.4, 0.5) is 5.69 Å². The van der Waals surface area contributed by atoms with Gasteiger partial charge in [-0.1, -0.05) is 30.3 Å². The van der Waals surface area contributed by atoms with E-state index in [-0.39, 0.29) is 23.8 Å². The summed E-state index contributed by atoms with van der Waals surface area (Å²) >= 11 is 1.07. The van der Waals surface area contributed by atoms with Crippen molar-refractivity contribution in [3.8, 4) is 0 Å². The number of aryl methyl sites for hydroxylation is 2. The van der Waals surface area contributed by atoms with Crippen molar-refractivity contribution in [3.05, 3.63) is 93.8 Å². The SMILES string of the molecule is CCOC(=O)c1ccc(NC2=C(Sc3nc(C)cc(C)n3)C(=O)N(CCc3ccccc3)C2=O)cc1. The molecule has 2 heterocycles. The molecule has 0 spiro atoms. The molecule has 0 saturated carbocycles. The lowest BCUT2D eigenvalue weighted by molar-refractivity contribution is -0.137. The zero-order chi connectivity index (χ0) is 25.7. The first kappa shape index (κ1) is 25.1. The van der Waals surface area contributed by atoms with Crippen molar-refractivity contribution >= 4 is 35.2 Å². The van der Waals surface area contributed by atoms with Crippen LogP contribution in [0.5, 0.6) is 0 Å². The number of benzene rings is 2. The molecule has 0 bridgehead atoms. The van der Waals surface area contributed by atoms with Gasteiger partial charge >= 0.3 is 5.97 Å². The third-order valence-electron chi connectivity index (χ3n) is 5.41. The van der Waals surface area contributed by atoms with Gasteiger partial charge < -0.3 is 10.1 Å². The van der Waals surface area contributed by atoms with E-state index in [2.05, 4.69) is 15.3 Å². The molecular weight excluding hydrogens is 476 g/mol.